The van der Waals surface area contributed by atoms with E-state index in [1.807, 2.05) is 19.2 Å². The molecule has 0 fully saturated rings. The first-order valence-corrected chi connectivity index (χ1v) is 8.26. The summed E-state index contributed by atoms with van der Waals surface area (Å²) in [7, 11) is 0. The van der Waals surface area contributed by atoms with E-state index >= 15 is 0 Å². The summed E-state index contributed by atoms with van der Waals surface area (Å²) in [6.45, 7) is 3.94. The number of nitrogens with two attached hydrogens (primary N) is 1. The summed E-state index contributed by atoms with van der Waals surface area (Å²) in [6.07, 6.45) is 1.84. The molecule has 2 amide bonds. The highest BCUT2D eigenvalue weighted by molar-refractivity contribution is 7.99. The van der Waals surface area contributed by atoms with Crippen LogP contribution in [0, 0.1) is 6.92 Å². The minimum absolute atomic E-state index is 0.0675. The van der Waals surface area contributed by atoms with Crippen LogP contribution in [0.1, 0.15) is 18.1 Å². The number of aliphatic hydroxyl groups is 1. The Hall–Kier alpha value is -1.57. The Labute approximate surface area is 134 Å². The summed E-state index contributed by atoms with van der Waals surface area (Å²) < 4.78 is 0. The van der Waals surface area contributed by atoms with Gasteiger partial charge in [0.15, 0.2) is 0 Å². The molecule has 0 saturated heterocycles. The van der Waals surface area contributed by atoms with E-state index < -0.39 is 11.8 Å². The van der Waals surface area contributed by atoms with Gasteiger partial charge in [0.1, 0.15) is 0 Å². The van der Waals surface area contributed by atoms with Crippen LogP contribution in [0.4, 0.5) is 5.69 Å². The van der Waals surface area contributed by atoms with Gasteiger partial charge in [-0.3, -0.25) is 9.59 Å². The number of anilines is 1. The molecular formula is C15H23N3O3S. The molecule has 0 heterocycles. The lowest BCUT2D eigenvalue weighted by Crippen LogP contribution is -2.45. The first kappa shape index (κ1) is 18.5. The first-order chi connectivity index (χ1) is 10.4. The number of aliphatic hydroxyl groups excluding tert-OH is 1. The van der Waals surface area contributed by atoms with Gasteiger partial charge in [-0.15, -0.1) is 0 Å². The molecule has 1 aromatic rings. The van der Waals surface area contributed by atoms with Crippen molar-refractivity contribution >= 4 is 29.3 Å². The largest absolute Gasteiger partial charge is 0.395 e. The van der Waals surface area contributed by atoms with Crippen LogP contribution in [-0.2, 0) is 16.1 Å². The average molecular weight is 325 g/mol. The number of amides is 2. The summed E-state index contributed by atoms with van der Waals surface area (Å²) >= 11 is 1.43. The van der Waals surface area contributed by atoms with E-state index in [1.165, 1.54) is 11.8 Å². The lowest BCUT2D eigenvalue weighted by molar-refractivity contribution is -0.136. The number of nitrogens with one attached hydrogen (secondary N) is 2. The Morgan fingerprint density at radius 2 is 2.00 bits per heavy atom. The number of hydrogen-bond donors (Lipinski definition) is 4. The normalized spacial score (nSPS) is 13.3. The van der Waals surface area contributed by atoms with Crippen molar-refractivity contribution < 1.29 is 14.7 Å². The molecule has 0 bridgehead atoms. The van der Waals surface area contributed by atoms with Crippen LogP contribution in [0.15, 0.2) is 18.2 Å². The average Bonchev–Trinajstić information content (AvgIpc) is 2.47. The molecule has 7 heteroatoms. The molecular weight excluding hydrogens is 302 g/mol. The highest BCUT2D eigenvalue weighted by atomic mass is 32.2. The molecule has 0 spiro atoms. The van der Waals surface area contributed by atoms with Crippen molar-refractivity contribution in [1.29, 1.82) is 0 Å². The highest BCUT2D eigenvalue weighted by Gasteiger charge is 2.21. The van der Waals surface area contributed by atoms with Gasteiger partial charge in [0, 0.05) is 23.5 Å². The minimum atomic E-state index is -0.738. The molecule has 0 radical (unpaired) electrons. The van der Waals surface area contributed by atoms with Crippen LogP contribution < -0.4 is 16.4 Å². The summed E-state index contributed by atoms with van der Waals surface area (Å²) in [4.78, 5) is 23.8. The van der Waals surface area contributed by atoms with E-state index in [0.29, 0.717) is 12.2 Å². The number of carbonyl (C=O) groups excluding carboxylic acids is 2. The first-order valence-electron chi connectivity index (χ1n) is 6.97. The zero-order valence-electron chi connectivity index (χ0n) is 13.1. The summed E-state index contributed by atoms with van der Waals surface area (Å²) in [6, 6.07) is 5.12. The summed E-state index contributed by atoms with van der Waals surface area (Å²) in [5.41, 5.74) is 7.96. The van der Waals surface area contributed by atoms with Gasteiger partial charge in [-0.1, -0.05) is 6.07 Å². The molecule has 0 saturated carbocycles. The van der Waals surface area contributed by atoms with Crippen LogP contribution in [0.2, 0.25) is 0 Å². The van der Waals surface area contributed by atoms with Crippen molar-refractivity contribution in [2.45, 2.75) is 31.7 Å². The van der Waals surface area contributed by atoms with Crippen molar-refractivity contribution in [3.05, 3.63) is 29.3 Å². The van der Waals surface area contributed by atoms with Crippen molar-refractivity contribution in [1.82, 2.24) is 5.32 Å². The lowest BCUT2D eigenvalue weighted by Gasteiger charge is -2.20. The second-order valence-electron chi connectivity index (χ2n) is 5.08. The van der Waals surface area contributed by atoms with Gasteiger partial charge in [0.05, 0.1) is 6.61 Å². The van der Waals surface area contributed by atoms with E-state index in [4.69, 9.17) is 5.73 Å². The third-order valence-electron chi connectivity index (χ3n) is 3.24. The topological polar surface area (TPSA) is 104 Å². The Bertz CT molecular complexity index is 533. The van der Waals surface area contributed by atoms with Crippen molar-refractivity contribution in [2.75, 3.05) is 18.2 Å². The predicted molar refractivity (Wildman–Crippen MR) is 89.7 cm³/mol. The fraction of sp³-hybridized carbons (Fsp3) is 0.467. The van der Waals surface area contributed by atoms with Crippen LogP contribution in [0.25, 0.3) is 0 Å². The molecule has 0 aliphatic heterocycles. The third-order valence-corrected chi connectivity index (χ3v) is 4.40. The number of aryl methyl sites for hydroxylation is 1. The SMILES string of the molecule is CSC(CO)C(C)NC(=O)C(=O)Nc1cc(C)cc(CN)c1. The third kappa shape index (κ3) is 5.32. The fourth-order valence-electron chi connectivity index (χ4n) is 2.04. The number of thioether (sulfide) groups is 1. The fourth-order valence-corrected chi connectivity index (χ4v) is 2.67. The maximum absolute atomic E-state index is 11.9. The molecule has 0 aliphatic carbocycles. The van der Waals surface area contributed by atoms with Gasteiger partial charge in [-0.05, 0) is 43.4 Å². The molecule has 5 N–H and O–H groups in total. The Balaban J connectivity index is 2.68. The zero-order valence-corrected chi connectivity index (χ0v) is 13.9. The number of hydrogen-bond acceptors (Lipinski definition) is 5. The van der Waals surface area contributed by atoms with E-state index in [-0.39, 0.29) is 17.9 Å². The Morgan fingerprint density at radius 3 is 2.55 bits per heavy atom. The smallest absolute Gasteiger partial charge is 0.313 e. The van der Waals surface area contributed by atoms with Gasteiger partial charge >= 0.3 is 11.8 Å². The van der Waals surface area contributed by atoms with Crippen LogP contribution in [-0.4, -0.2) is 41.1 Å². The molecule has 22 heavy (non-hydrogen) atoms. The van der Waals surface area contributed by atoms with Crippen molar-refractivity contribution in [3.63, 3.8) is 0 Å². The minimum Gasteiger partial charge on any atom is -0.395 e. The van der Waals surface area contributed by atoms with Gasteiger partial charge < -0.3 is 21.5 Å². The second kappa shape index (κ2) is 8.77. The number of carbonyl (C=O) groups is 2. The molecule has 2 unspecified atom stereocenters. The van der Waals surface area contributed by atoms with E-state index in [1.54, 1.807) is 19.1 Å². The molecule has 1 rings (SSSR count). The van der Waals surface area contributed by atoms with Crippen molar-refractivity contribution in [2.24, 2.45) is 5.73 Å². The maximum Gasteiger partial charge on any atom is 0.313 e. The van der Waals surface area contributed by atoms with Crippen LogP contribution in [0.3, 0.4) is 0 Å². The molecule has 2 atom stereocenters. The molecule has 122 valence electrons. The second-order valence-corrected chi connectivity index (χ2v) is 6.16. The summed E-state index contributed by atoms with van der Waals surface area (Å²) in [5, 5.41) is 14.2. The van der Waals surface area contributed by atoms with E-state index in [2.05, 4.69) is 10.6 Å². The maximum atomic E-state index is 11.9. The standard InChI is InChI=1S/C15H23N3O3S/c1-9-4-11(7-16)6-12(5-9)18-15(21)14(20)17-10(2)13(8-19)22-3/h4-6,10,13,19H,7-8,16H2,1-3H3,(H,17,20)(H,18,21). The van der Waals surface area contributed by atoms with Gasteiger partial charge in [-0.25, -0.2) is 0 Å². The summed E-state index contributed by atoms with van der Waals surface area (Å²) in [5.74, 6) is -1.46. The Morgan fingerprint density at radius 1 is 1.32 bits per heavy atom. The van der Waals surface area contributed by atoms with E-state index in [9.17, 15) is 14.7 Å². The van der Waals surface area contributed by atoms with Crippen LogP contribution >= 0.6 is 11.8 Å². The lowest BCUT2D eigenvalue weighted by atomic mass is 10.1. The Kier molecular flexibility index (Phi) is 7.37. The molecule has 0 aliphatic rings. The monoisotopic (exact) mass is 325 g/mol. The van der Waals surface area contributed by atoms with Crippen LogP contribution in [0.5, 0.6) is 0 Å². The van der Waals surface area contributed by atoms with Gasteiger partial charge in [-0.2, -0.15) is 11.8 Å². The highest BCUT2D eigenvalue weighted by Crippen LogP contribution is 2.14. The quantitative estimate of drug-likeness (QED) is 0.574. The number of rotatable bonds is 6. The van der Waals surface area contributed by atoms with Gasteiger partial charge in [0.25, 0.3) is 0 Å². The number of benzene rings is 1. The zero-order chi connectivity index (χ0) is 16.7. The van der Waals surface area contributed by atoms with E-state index in [0.717, 1.165) is 11.1 Å². The molecule has 0 aromatic heterocycles. The van der Waals surface area contributed by atoms with Gasteiger partial charge in [0.2, 0.25) is 0 Å². The predicted octanol–water partition coefficient (Wildman–Crippen LogP) is 0.621. The molecule has 6 nitrogen and oxygen atoms in total. The van der Waals surface area contributed by atoms with Crippen molar-refractivity contribution in [3.8, 4) is 0 Å². The molecule has 1 aromatic carbocycles.